The molecule has 4 heteroatoms. The maximum atomic E-state index is 12.3. The minimum Gasteiger partial charge on any atom is -0.397 e. The van der Waals surface area contributed by atoms with Crippen molar-refractivity contribution in [2.24, 2.45) is 0 Å². The highest BCUT2D eigenvalue weighted by Crippen LogP contribution is 2.25. The quantitative estimate of drug-likeness (QED) is 0.828. The zero-order chi connectivity index (χ0) is 14.1. The van der Waals surface area contributed by atoms with Crippen molar-refractivity contribution in [2.75, 3.05) is 11.1 Å². The maximum absolute atomic E-state index is 12.3. The summed E-state index contributed by atoms with van der Waals surface area (Å²) < 4.78 is 0. The molecule has 0 saturated heterocycles. The van der Waals surface area contributed by atoms with Crippen LogP contribution in [0.3, 0.4) is 0 Å². The molecule has 0 bridgehead atoms. The van der Waals surface area contributed by atoms with E-state index < -0.39 is 0 Å². The number of hydrogen-bond acceptors (Lipinski definition) is 2. The van der Waals surface area contributed by atoms with E-state index in [1.165, 1.54) is 17.5 Å². The van der Waals surface area contributed by atoms with Gasteiger partial charge in [0.1, 0.15) is 0 Å². The first kappa shape index (κ1) is 13.0. The summed E-state index contributed by atoms with van der Waals surface area (Å²) >= 11 is 5.84. The van der Waals surface area contributed by atoms with Gasteiger partial charge in [0.15, 0.2) is 0 Å². The lowest BCUT2D eigenvalue weighted by Crippen LogP contribution is -2.13. The standard InChI is InChI=1S/C16H15ClN2O/c17-13-6-7-15(14(18)9-13)19-16(20)12-5-4-10-2-1-3-11(10)8-12/h4-9H,1-3,18H2,(H,19,20). The molecule has 0 atom stereocenters. The zero-order valence-corrected chi connectivity index (χ0v) is 11.7. The monoisotopic (exact) mass is 286 g/mol. The summed E-state index contributed by atoms with van der Waals surface area (Å²) in [5.74, 6) is -0.145. The summed E-state index contributed by atoms with van der Waals surface area (Å²) in [5.41, 5.74) is 10.2. The Morgan fingerprint density at radius 3 is 2.70 bits per heavy atom. The molecule has 1 aliphatic rings. The molecule has 0 spiro atoms. The normalized spacial score (nSPS) is 13.1. The van der Waals surface area contributed by atoms with Crippen molar-refractivity contribution >= 4 is 28.9 Å². The fourth-order valence-electron chi connectivity index (χ4n) is 2.55. The van der Waals surface area contributed by atoms with Crippen molar-refractivity contribution < 1.29 is 4.79 Å². The second-order valence-corrected chi connectivity index (χ2v) is 5.46. The molecular formula is C16H15ClN2O. The molecule has 1 amide bonds. The molecule has 3 rings (SSSR count). The third-order valence-electron chi connectivity index (χ3n) is 3.62. The van der Waals surface area contributed by atoms with Crippen molar-refractivity contribution in [3.63, 3.8) is 0 Å². The minimum absolute atomic E-state index is 0.145. The van der Waals surface area contributed by atoms with Crippen LogP contribution in [0.15, 0.2) is 36.4 Å². The molecule has 2 aromatic carbocycles. The smallest absolute Gasteiger partial charge is 0.255 e. The summed E-state index contributed by atoms with van der Waals surface area (Å²) in [6, 6.07) is 10.9. The van der Waals surface area contributed by atoms with Gasteiger partial charge < -0.3 is 11.1 Å². The highest BCUT2D eigenvalue weighted by Gasteiger charge is 2.14. The Kier molecular flexibility index (Phi) is 3.36. The van der Waals surface area contributed by atoms with Crippen LogP contribution in [0.2, 0.25) is 5.02 Å². The Morgan fingerprint density at radius 2 is 1.90 bits per heavy atom. The number of aryl methyl sites for hydroxylation is 2. The SMILES string of the molecule is Nc1cc(Cl)ccc1NC(=O)c1ccc2c(c1)CCC2. The molecule has 0 radical (unpaired) electrons. The number of nitrogens with two attached hydrogens (primary N) is 1. The van der Waals surface area contributed by atoms with E-state index in [4.69, 9.17) is 17.3 Å². The molecule has 0 aromatic heterocycles. The van der Waals surface area contributed by atoms with Crippen molar-refractivity contribution in [3.8, 4) is 0 Å². The third kappa shape index (κ3) is 2.49. The summed E-state index contributed by atoms with van der Waals surface area (Å²) in [5, 5.41) is 3.38. The van der Waals surface area contributed by atoms with Crippen LogP contribution in [-0.2, 0) is 12.8 Å². The number of halogens is 1. The highest BCUT2D eigenvalue weighted by molar-refractivity contribution is 6.31. The zero-order valence-electron chi connectivity index (χ0n) is 10.9. The van der Waals surface area contributed by atoms with Gasteiger partial charge in [-0.15, -0.1) is 0 Å². The third-order valence-corrected chi connectivity index (χ3v) is 3.86. The number of nitrogens with one attached hydrogen (secondary N) is 1. The molecule has 3 N–H and O–H groups in total. The second-order valence-electron chi connectivity index (χ2n) is 5.02. The van der Waals surface area contributed by atoms with Gasteiger partial charge in [0.2, 0.25) is 0 Å². The molecule has 0 aliphatic heterocycles. The first-order chi connectivity index (χ1) is 9.63. The molecule has 0 heterocycles. The lowest BCUT2D eigenvalue weighted by molar-refractivity contribution is 0.102. The van der Waals surface area contributed by atoms with E-state index in [2.05, 4.69) is 5.32 Å². The van der Waals surface area contributed by atoms with Gasteiger partial charge in [0, 0.05) is 10.6 Å². The van der Waals surface area contributed by atoms with E-state index in [-0.39, 0.29) is 5.91 Å². The number of rotatable bonds is 2. The van der Waals surface area contributed by atoms with Crippen molar-refractivity contribution in [1.29, 1.82) is 0 Å². The van der Waals surface area contributed by atoms with Gasteiger partial charge in [-0.1, -0.05) is 17.7 Å². The van der Waals surface area contributed by atoms with E-state index in [0.29, 0.717) is 22.0 Å². The Bertz CT molecular complexity index is 682. The molecule has 0 fully saturated rings. The first-order valence-corrected chi connectivity index (χ1v) is 6.99. The van der Waals surface area contributed by atoms with Crippen molar-refractivity contribution in [3.05, 3.63) is 58.1 Å². The Hall–Kier alpha value is -2.00. The number of fused-ring (bicyclic) bond motifs is 1. The highest BCUT2D eigenvalue weighted by atomic mass is 35.5. The molecule has 1 aliphatic carbocycles. The van der Waals surface area contributed by atoms with Crippen LogP contribution in [0.25, 0.3) is 0 Å². The summed E-state index contributed by atoms with van der Waals surface area (Å²) in [6.45, 7) is 0. The molecule has 0 saturated carbocycles. The topological polar surface area (TPSA) is 55.1 Å². The van der Waals surface area contributed by atoms with Gasteiger partial charge in [-0.3, -0.25) is 4.79 Å². The Labute approximate surface area is 122 Å². The van der Waals surface area contributed by atoms with Gasteiger partial charge in [-0.05, 0) is 60.7 Å². The van der Waals surface area contributed by atoms with Crippen LogP contribution in [-0.4, -0.2) is 5.91 Å². The van der Waals surface area contributed by atoms with Gasteiger partial charge in [-0.25, -0.2) is 0 Å². The predicted octanol–water partition coefficient (Wildman–Crippen LogP) is 3.66. The fraction of sp³-hybridized carbons (Fsp3) is 0.188. The predicted molar refractivity (Wildman–Crippen MR) is 82.3 cm³/mol. The van der Waals surface area contributed by atoms with Crippen molar-refractivity contribution in [1.82, 2.24) is 0 Å². The van der Waals surface area contributed by atoms with Crippen LogP contribution in [0.4, 0.5) is 11.4 Å². The van der Waals surface area contributed by atoms with E-state index in [9.17, 15) is 4.79 Å². The molecule has 2 aromatic rings. The summed E-state index contributed by atoms with van der Waals surface area (Å²) in [6.07, 6.45) is 3.34. The molecule has 0 unspecified atom stereocenters. The van der Waals surface area contributed by atoms with Gasteiger partial charge in [-0.2, -0.15) is 0 Å². The number of hydrogen-bond donors (Lipinski definition) is 2. The lowest BCUT2D eigenvalue weighted by atomic mass is 10.1. The average molecular weight is 287 g/mol. The van der Waals surface area contributed by atoms with Crippen molar-refractivity contribution in [2.45, 2.75) is 19.3 Å². The number of anilines is 2. The first-order valence-electron chi connectivity index (χ1n) is 6.61. The van der Waals surface area contributed by atoms with Crippen LogP contribution in [0.1, 0.15) is 27.9 Å². The molecule has 3 nitrogen and oxygen atoms in total. The van der Waals surface area contributed by atoms with Crippen LogP contribution in [0, 0.1) is 0 Å². The second kappa shape index (κ2) is 5.17. The summed E-state index contributed by atoms with van der Waals surface area (Å²) in [7, 11) is 0. The van der Waals surface area contributed by atoms with E-state index in [0.717, 1.165) is 12.8 Å². The number of benzene rings is 2. The maximum Gasteiger partial charge on any atom is 0.255 e. The van der Waals surface area contributed by atoms with Crippen LogP contribution < -0.4 is 11.1 Å². The number of nitrogen functional groups attached to an aromatic ring is 1. The summed E-state index contributed by atoms with van der Waals surface area (Å²) in [4.78, 5) is 12.3. The Balaban J connectivity index is 1.82. The number of amides is 1. The largest absolute Gasteiger partial charge is 0.397 e. The molecule has 20 heavy (non-hydrogen) atoms. The van der Waals surface area contributed by atoms with Crippen LogP contribution in [0.5, 0.6) is 0 Å². The van der Waals surface area contributed by atoms with E-state index in [1.54, 1.807) is 18.2 Å². The molecule has 102 valence electrons. The van der Waals surface area contributed by atoms with Gasteiger partial charge >= 0.3 is 0 Å². The number of carbonyl (C=O) groups excluding carboxylic acids is 1. The fourth-order valence-corrected chi connectivity index (χ4v) is 2.74. The van der Waals surface area contributed by atoms with E-state index in [1.807, 2.05) is 18.2 Å². The molecular weight excluding hydrogens is 272 g/mol. The number of carbonyl (C=O) groups is 1. The Morgan fingerprint density at radius 1 is 1.10 bits per heavy atom. The van der Waals surface area contributed by atoms with E-state index >= 15 is 0 Å². The van der Waals surface area contributed by atoms with Gasteiger partial charge in [0.25, 0.3) is 5.91 Å². The van der Waals surface area contributed by atoms with Crippen LogP contribution >= 0.6 is 11.6 Å². The minimum atomic E-state index is -0.145. The lowest BCUT2D eigenvalue weighted by Gasteiger charge is -2.09. The average Bonchev–Trinajstić information content (AvgIpc) is 2.89. The van der Waals surface area contributed by atoms with Gasteiger partial charge in [0.05, 0.1) is 11.4 Å².